The van der Waals surface area contributed by atoms with Crippen LogP contribution in [0.1, 0.15) is 12.0 Å². The number of rotatable bonds is 4. The number of para-hydroxylation sites is 1. The smallest absolute Gasteiger partial charge is 0.225 e. The van der Waals surface area contributed by atoms with E-state index in [9.17, 15) is 4.79 Å². The maximum atomic E-state index is 11.4. The van der Waals surface area contributed by atoms with E-state index in [4.69, 9.17) is 0 Å². The summed E-state index contributed by atoms with van der Waals surface area (Å²) in [5.41, 5.74) is 1.99. The molecule has 0 spiro atoms. The van der Waals surface area contributed by atoms with Gasteiger partial charge in [0.1, 0.15) is 0 Å². The van der Waals surface area contributed by atoms with E-state index in [2.05, 4.69) is 10.6 Å². The summed E-state index contributed by atoms with van der Waals surface area (Å²) in [4.78, 5) is 11.4. The van der Waals surface area contributed by atoms with E-state index in [1.165, 1.54) is 0 Å². The largest absolute Gasteiger partial charge is 0.326 e. The first-order chi connectivity index (χ1) is 6.74. The van der Waals surface area contributed by atoms with Crippen molar-refractivity contribution in [1.29, 1.82) is 0 Å². The third kappa shape index (κ3) is 3.18. The molecule has 0 saturated carbocycles. The van der Waals surface area contributed by atoms with Gasteiger partial charge in [-0.2, -0.15) is 0 Å². The average Bonchev–Trinajstić information content (AvgIpc) is 2.18. The first kappa shape index (κ1) is 10.7. The van der Waals surface area contributed by atoms with Crippen LogP contribution in [-0.4, -0.2) is 19.5 Å². The van der Waals surface area contributed by atoms with Gasteiger partial charge >= 0.3 is 0 Å². The van der Waals surface area contributed by atoms with Crippen LogP contribution in [0.25, 0.3) is 0 Å². The maximum Gasteiger partial charge on any atom is 0.225 e. The van der Waals surface area contributed by atoms with Crippen molar-refractivity contribution >= 4 is 11.6 Å². The normalized spacial score (nSPS) is 9.86. The first-order valence-corrected chi connectivity index (χ1v) is 4.74. The molecule has 0 atom stereocenters. The Balaban J connectivity index is 2.52. The fraction of sp³-hybridized carbons (Fsp3) is 0.364. The first-order valence-electron chi connectivity index (χ1n) is 4.74. The van der Waals surface area contributed by atoms with Crippen LogP contribution >= 0.6 is 0 Å². The average molecular weight is 192 g/mol. The van der Waals surface area contributed by atoms with Crippen molar-refractivity contribution in [1.82, 2.24) is 5.32 Å². The van der Waals surface area contributed by atoms with E-state index < -0.39 is 0 Å². The number of amides is 1. The van der Waals surface area contributed by atoms with E-state index in [-0.39, 0.29) is 5.91 Å². The van der Waals surface area contributed by atoms with Crippen LogP contribution in [0.5, 0.6) is 0 Å². The second kappa shape index (κ2) is 5.40. The van der Waals surface area contributed by atoms with Gasteiger partial charge in [-0.25, -0.2) is 0 Å². The molecule has 0 radical (unpaired) electrons. The van der Waals surface area contributed by atoms with Crippen LogP contribution < -0.4 is 10.6 Å². The second-order valence-electron chi connectivity index (χ2n) is 3.22. The molecule has 0 bridgehead atoms. The van der Waals surface area contributed by atoms with Crippen molar-refractivity contribution in [2.45, 2.75) is 13.3 Å². The van der Waals surface area contributed by atoms with E-state index in [0.29, 0.717) is 13.0 Å². The van der Waals surface area contributed by atoms with Gasteiger partial charge in [0.2, 0.25) is 5.91 Å². The summed E-state index contributed by atoms with van der Waals surface area (Å²) in [6.45, 7) is 2.69. The molecule has 1 rings (SSSR count). The Labute approximate surface area is 84.5 Å². The van der Waals surface area contributed by atoms with Crippen molar-refractivity contribution in [2.75, 3.05) is 18.9 Å². The molecule has 1 amide bonds. The van der Waals surface area contributed by atoms with Gasteiger partial charge < -0.3 is 10.6 Å². The van der Waals surface area contributed by atoms with Gasteiger partial charge in [-0.05, 0) is 25.6 Å². The molecule has 0 aliphatic carbocycles. The highest BCUT2D eigenvalue weighted by molar-refractivity contribution is 5.91. The van der Waals surface area contributed by atoms with E-state index in [0.717, 1.165) is 11.3 Å². The number of hydrogen-bond donors (Lipinski definition) is 2. The molecule has 0 aromatic heterocycles. The van der Waals surface area contributed by atoms with E-state index in [1.54, 1.807) is 0 Å². The molecule has 14 heavy (non-hydrogen) atoms. The molecule has 1 aromatic carbocycles. The summed E-state index contributed by atoms with van der Waals surface area (Å²) in [5.74, 6) is 0.0497. The topological polar surface area (TPSA) is 41.1 Å². The molecule has 0 aliphatic rings. The Morgan fingerprint density at radius 3 is 2.71 bits per heavy atom. The number of aryl methyl sites for hydroxylation is 1. The molecule has 76 valence electrons. The van der Waals surface area contributed by atoms with Crippen LogP contribution in [0.2, 0.25) is 0 Å². The second-order valence-corrected chi connectivity index (χ2v) is 3.22. The number of carbonyl (C=O) groups excluding carboxylic acids is 1. The van der Waals surface area contributed by atoms with E-state index >= 15 is 0 Å². The maximum absolute atomic E-state index is 11.4. The lowest BCUT2D eigenvalue weighted by Gasteiger charge is -2.07. The number of carbonyl (C=O) groups is 1. The molecule has 0 aliphatic heterocycles. The lowest BCUT2D eigenvalue weighted by molar-refractivity contribution is -0.116. The summed E-state index contributed by atoms with van der Waals surface area (Å²) >= 11 is 0. The highest BCUT2D eigenvalue weighted by Crippen LogP contribution is 2.12. The molecule has 0 heterocycles. The Morgan fingerprint density at radius 1 is 1.36 bits per heavy atom. The summed E-state index contributed by atoms with van der Waals surface area (Å²) in [6.07, 6.45) is 0.505. The van der Waals surface area contributed by atoms with Crippen molar-refractivity contribution in [2.24, 2.45) is 0 Å². The lowest BCUT2D eigenvalue weighted by Crippen LogP contribution is -2.19. The minimum Gasteiger partial charge on any atom is -0.326 e. The summed E-state index contributed by atoms with van der Waals surface area (Å²) < 4.78 is 0. The van der Waals surface area contributed by atoms with Gasteiger partial charge in [0.05, 0.1) is 0 Å². The number of benzene rings is 1. The molecular formula is C11H16N2O. The minimum absolute atomic E-state index is 0.0497. The van der Waals surface area contributed by atoms with Crippen LogP contribution in [0.15, 0.2) is 24.3 Å². The lowest BCUT2D eigenvalue weighted by atomic mass is 10.2. The highest BCUT2D eigenvalue weighted by atomic mass is 16.1. The Bertz CT molecular complexity index is 310. The molecule has 0 saturated heterocycles. The van der Waals surface area contributed by atoms with Gasteiger partial charge in [-0.1, -0.05) is 18.2 Å². The number of anilines is 1. The zero-order valence-electron chi connectivity index (χ0n) is 8.63. The van der Waals surface area contributed by atoms with Crippen molar-refractivity contribution in [3.8, 4) is 0 Å². The van der Waals surface area contributed by atoms with Crippen molar-refractivity contribution in [3.63, 3.8) is 0 Å². The molecule has 2 N–H and O–H groups in total. The fourth-order valence-corrected chi connectivity index (χ4v) is 1.16. The molecule has 1 aromatic rings. The molecule has 3 nitrogen and oxygen atoms in total. The molecule has 0 unspecified atom stereocenters. The van der Waals surface area contributed by atoms with Gasteiger partial charge in [0.15, 0.2) is 0 Å². The van der Waals surface area contributed by atoms with Crippen LogP contribution in [-0.2, 0) is 4.79 Å². The predicted octanol–water partition coefficient (Wildman–Crippen LogP) is 1.54. The summed E-state index contributed by atoms with van der Waals surface area (Å²) in [5, 5.41) is 5.80. The zero-order chi connectivity index (χ0) is 10.4. The number of hydrogen-bond acceptors (Lipinski definition) is 2. The highest BCUT2D eigenvalue weighted by Gasteiger charge is 2.02. The molecule has 3 heteroatoms. The van der Waals surface area contributed by atoms with Crippen molar-refractivity contribution in [3.05, 3.63) is 29.8 Å². The third-order valence-electron chi connectivity index (χ3n) is 2.02. The summed E-state index contributed by atoms with van der Waals surface area (Å²) in [6, 6.07) is 7.76. The van der Waals surface area contributed by atoms with Gasteiger partial charge in [0, 0.05) is 18.7 Å². The van der Waals surface area contributed by atoms with Gasteiger partial charge in [0.25, 0.3) is 0 Å². The van der Waals surface area contributed by atoms with Crippen LogP contribution in [0.4, 0.5) is 5.69 Å². The Kier molecular flexibility index (Phi) is 4.13. The van der Waals surface area contributed by atoms with E-state index in [1.807, 2.05) is 38.2 Å². The molecule has 0 fully saturated rings. The van der Waals surface area contributed by atoms with Gasteiger partial charge in [-0.15, -0.1) is 0 Å². The number of nitrogens with one attached hydrogen (secondary N) is 2. The van der Waals surface area contributed by atoms with Gasteiger partial charge in [-0.3, -0.25) is 4.79 Å². The molecular weight excluding hydrogens is 176 g/mol. The predicted molar refractivity (Wildman–Crippen MR) is 58.4 cm³/mol. The zero-order valence-corrected chi connectivity index (χ0v) is 8.63. The third-order valence-corrected chi connectivity index (χ3v) is 2.02. The van der Waals surface area contributed by atoms with Crippen LogP contribution in [0.3, 0.4) is 0 Å². The Morgan fingerprint density at radius 2 is 2.07 bits per heavy atom. The van der Waals surface area contributed by atoms with Crippen LogP contribution in [0, 0.1) is 6.92 Å². The minimum atomic E-state index is 0.0497. The quantitative estimate of drug-likeness (QED) is 0.759. The fourth-order valence-electron chi connectivity index (χ4n) is 1.16. The SMILES string of the molecule is CNCCC(=O)Nc1ccccc1C. The monoisotopic (exact) mass is 192 g/mol. The standard InChI is InChI=1S/C11H16N2O/c1-9-5-3-4-6-10(9)13-11(14)7-8-12-2/h3-6,12H,7-8H2,1-2H3,(H,13,14). The summed E-state index contributed by atoms with van der Waals surface area (Å²) in [7, 11) is 1.83. The van der Waals surface area contributed by atoms with Crippen molar-refractivity contribution < 1.29 is 4.79 Å². The Hall–Kier alpha value is -1.35.